The highest BCUT2D eigenvalue weighted by Gasteiger charge is 2.14. The predicted molar refractivity (Wildman–Crippen MR) is 73.9 cm³/mol. The molecule has 0 aliphatic rings. The lowest BCUT2D eigenvalue weighted by atomic mass is 10.1. The first-order chi connectivity index (χ1) is 10.0. The minimum absolute atomic E-state index is 0.332. The third-order valence-corrected chi connectivity index (χ3v) is 2.91. The first-order valence-corrected chi connectivity index (χ1v) is 6.27. The summed E-state index contributed by atoms with van der Waals surface area (Å²) in [6, 6.07) is 7.93. The van der Waals surface area contributed by atoms with E-state index in [1.807, 2.05) is 6.92 Å². The third kappa shape index (κ3) is 3.56. The molecule has 0 bridgehead atoms. The van der Waals surface area contributed by atoms with Crippen LogP contribution in [0.15, 0.2) is 36.4 Å². The summed E-state index contributed by atoms with van der Waals surface area (Å²) in [4.78, 5) is 11.9. The Bertz CT molecular complexity index is 669. The van der Waals surface area contributed by atoms with Gasteiger partial charge in [0.25, 0.3) is 0 Å². The zero-order valence-corrected chi connectivity index (χ0v) is 11.7. The first-order valence-electron chi connectivity index (χ1n) is 6.27. The minimum atomic E-state index is -0.777. The molecule has 0 unspecified atom stereocenters. The predicted octanol–water partition coefficient (Wildman–Crippen LogP) is 3.54. The quantitative estimate of drug-likeness (QED) is 0.791. The van der Waals surface area contributed by atoms with Crippen LogP contribution in [0, 0.1) is 18.6 Å². The molecule has 5 heteroatoms. The highest BCUT2D eigenvalue weighted by molar-refractivity contribution is 5.97. The number of methoxy groups -OCH3 is 1. The largest absolute Gasteiger partial charge is 0.493 e. The number of aryl methyl sites for hydroxylation is 1. The third-order valence-electron chi connectivity index (χ3n) is 2.91. The van der Waals surface area contributed by atoms with Gasteiger partial charge in [0.15, 0.2) is 18.1 Å². The summed E-state index contributed by atoms with van der Waals surface area (Å²) < 4.78 is 37.0. The van der Waals surface area contributed by atoms with Crippen LogP contribution in [0.3, 0.4) is 0 Å². The normalized spacial score (nSPS) is 10.3. The number of Topliss-reactive ketones (excluding diaryl/α,β-unsaturated/α-hetero) is 1. The lowest BCUT2D eigenvalue weighted by Gasteiger charge is -2.11. The number of carbonyl (C=O) groups is 1. The van der Waals surface area contributed by atoms with Crippen LogP contribution in [0.4, 0.5) is 8.78 Å². The van der Waals surface area contributed by atoms with Crippen LogP contribution in [0.2, 0.25) is 0 Å². The number of hydrogen-bond donors (Lipinski definition) is 0. The van der Waals surface area contributed by atoms with Gasteiger partial charge in [0, 0.05) is 0 Å². The second kappa shape index (κ2) is 6.35. The van der Waals surface area contributed by atoms with Crippen LogP contribution < -0.4 is 9.47 Å². The van der Waals surface area contributed by atoms with Gasteiger partial charge in [0.2, 0.25) is 5.78 Å². The summed E-state index contributed by atoms with van der Waals surface area (Å²) in [5.74, 6) is -1.25. The summed E-state index contributed by atoms with van der Waals surface area (Å²) in [6.07, 6.45) is 0. The van der Waals surface area contributed by atoms with Gasteiger partial charge in [-0.1, -0.05) is 6.07 Å². The molecule has 2 aromatic carbocycles. The van der Waals surface area contributed by atoms with Crippen molar-refractivity contribution in [3.8, 4) is 11.5 Å². The molecule has 0 aliphatic heterocycles. The van der Waals surface area contributed by atoms with Gasteiger partial charge in [-0.3, -0.25) is 4.79 Å². The van der Waals surface area contributed by atoms with Crippen molar-refractivity contribution >= 4 is 5.78 Å². The molecule has 0 heterocycles. The maximum absolute atomic E-state index is 13.5. The monoisotopic (exact) mass is 292 g/mol. The van der Waals surface area contributed by atoms with Crippen molar-refractivity contribution in [1.29, 1.82) is 0 Å². The molecule has 3 nitrogen and oxygen atoms in total. The summed E-state index contributed by atoms with van der Waals surface area (Å²) in [5.41, 5.74) is 0.641. The molecule has 2 rings (SSSR count). The van der Waals surface area contributed by atoms with Gasteiger partial charge < -0.3 is 9.47 Å². The average molecular weight is 292 g/mol. The Balaban J connectivity index is 2.13. The van der Waals surface area contributed by atoms with Gasteiger partial charge >= 0.3 is 0 Å². The van der Waals surface area contributed by atoms with Gasteiger partial charge in [-0.2, -0.15) is 0 Å². The van der Waals surface area contributed by atoms with Crippen molar-refractivity contribution in [3.05, 3.63) is 59.2 Å². The van der Waals surface area contributed by atoms with Crippen molar-refractivity contribution in [2.45, 2.75) is 6.92 Å². The zero-order valence-electron chi connectivity index (χ0n) is 11.7. The summed E-state index contributed by atoms with van der Waals surface area (Å²) in [7, 11) is 1.48. The second-order valence-electron chi connectivity index (χ2n) is 4.49. The molecular weight excluding hydrogens is 278 g/mol. The van der Waals surface area contributed by atoms with E-state index in [9.17, 15) is 13.6 Å². The minimum Gasteiger partial charge on any atom is -0.493 e. The molecule has 0 fully saturated rings. The Morgan fingerprint density at radius 1 is 1.10 bits per heavy atom. The average Bonchev–Trinajstić information content (AvgIpc) is 2.48. The standard InChI is InChI=1S/C16H14F2O3/c1-10-3-6-15(16(7-10)20-2)21-9-14(19)12-8-11(17)4-5-13(12)18/h3-8H,9H2,1-2H3. The van der Waals surface area contributed by atoms with Crippen LogP contribution in [-0.2, 0) is 0 Å². The van der Waals surface area contributed by atoms with Gasteiger partial charge in [0.1, 0.15) is 11.6 Å². The Labute approximate surface area is 121 Å². The maximum atomic E-state index is 13.5. The fourth-order valence-corrected chi connectivity index (χ4v) is 1.83. The van der Waals surface area contributed by atoms with E-state index in [0.717, 1.165) is 23.8 Å². The van der Waals surface area contributed by atoms with Crippen molar-refractivity contribution < 1.29 is 23.0 Å². The van der Waals surface area contributed by atoms with Crippen LogP contribution in [0.5, 0.6) is 11.5 Å². The Kier molecular flexibility index (Phi) is 4.52. The van der Waals surface area contributed by atoms with Gasteiger partial charge in [-0.05, 0) is 42.8 Å². The molecule has 21 heavy (non-hydrogen) atoms. The smallest absolute Gasteiger partial charge is 0.203 e. The van der Waals surface area contributed by atoms with E-state index in [-0.39, 0.29) is 5.56 Å². The highest BCUT2D eigenvalue weighted by atomic mass is 19.1. The van der Waals surface area contributed by atoms with Gasteiger partial charge in [-0.15, -0.1) is 0 Å². The van der Waals surface area contributed by atoms with Crippen molar-refractivity contribution in [2.24, 2.45) is 0 Å². The van der Waals surface area contributed by atoms with Crippen LogP contribution in [0.25, 0.3) is 0 Å². The lowest BCUT2D eigenvalue weighted by Crippen LogP contribution is -2.14. The van der Waals surface area contributed by atoms with E-state index in [0.29, 0.717) is 11.5 Å². The molecule has 0 aromatic heterocycles. The molecule has 0 aliphatic carbocycles. The van der Waals surface area contributed by atoms with Gasteiger partial charge in [0.05, 0.1) is 12.7 Å². The molecule has 0 N–H and O–H groups in total. The second-order valence-corrected chi connectivity index (χ2v) is 4.49. The first kappa shape index (κ1) is 15.0. The molecule has 2 aromatic rings. The van der Waals surface area contributed by atoms with E-state index in [1.165, 1.54) is 7.11 Å². The van der Waals surface area contributed by atoms with E-state index >= 15 is 0 Å². The molecule has 0 saturated heterocycles. The number of benzene rings is 2. The van der Waals surface area contributed by atoms with E-state index in [4.69, 9.17) is 9.47 Å². The van der Waals surface area contributed by atoms with Crippen LogP contribution in [-0.4, -0.2) is 19.5 Å². The van der Waals surface area contributed by atoms with Crippen molar-refractivity contribution in [1.82, 2.24) is 0 Å². The fraction of sp³-hybridized carbons (Fsp3) is 0.188. The molecule has 0 spiro atoms. The highest BCUT2D eigenvalue weighted by Crippen LogP contribution is 2.27. The van der Waals surface area contributed by atoms with E-state index < -0.39 is 24.0 Å². The zero-order chi connectivity index (χ0) is 15.4. The SMILES string of the molecule is COc1cc(C)ccc1OCC(=O)c1cc(F)ccc1F. The molecule has 110 valence electrons. The van der Waals surface area contributed by atoms with E-state index in [1.54, 1.807) is 18.2 Å². The maximum Gasteiger partial charge on any atom is 0.203 e. The van der Waals surface area contributed by atoms with Crippen LogP contribution in [0.1, 0.15) is 15.9 Å². The van der Waals surface area contributed by atoms with Crippen molar-refractivity contribution in [2.75, 3.05) is 13.7 Å². The lowest BCUT2D eigenvalue weighted by molar-refractivity contribution is 0.0915. The molecular formula is C16H14F2O3. The molecule has 0 saturated carbocycles. The summed E-state index contributed by atoms with van der Waals surface area (Å²) in [6.45, 7) is 1.49. The Morgan fingerprint density at radius 2 is 1.86 bits per heavy atom. The summed E-state index contributed by atoms with van der Waals surface area (Å²) in [5, 5.41) is 0. The Morgan fingerprint density at radius 3 is 2.57 bits per heavy atom. The molecule has 0 atom stereocenters. The van der Waals surface area contributed by atoms with Crippen LogP contribution >= 0.6 is 0 Å². The number of ketones is 1. The number of carbonyl (C=O) groups excluding carboxylic acids is 1. The fourth-order valence-electron chi connectivity index (χ4n) is 1.83. The number of rotatable bonds is 5. The number of hydrogen-bond acceptors (Lipinski definition) is 3. The van der Waals surface area contributed by atoms with Gasteiger partial charge in [-0.25, -0.2) is 8.78 Å². The molecule has 0 amide bonds. The number of halogens is 2. The van der Waals surface area contributed by atoms with Crippen molar-refractivity contribution in [3.63, 3.8) is 0 Å². The Hall–Kier alpha value is -2.43. The topological polar surface area (TPSA) is 35.5 Å². The molecule has 0 radical (unpaired) electrons. The summed E-state index contributed by atoms with van der Waals surface area (Å²) >= 11 is 0. The van der Waals surface area contributed by atoms with E-state index in [2.05, 4.69) is 0 Å². The number of ether oxygens (including phenoxy) is 2.